The quantitative estimate of drug-likeness (QED) is 0.580. The maximum absolute atomic E-state index is 12.7. The molecule has 1 atom stereocenters. The van der Waals surface area contributed by atoms with Crippen molar-refractivity contribution < 1.29 is 9.21 Å². The van der Waals surface area contributed by atoms with Crippen LogP contribution in [0.25, 0.3) is 22.2 Å². The zero-order chi connectivity index (χ0) is 19.6. The normalized spacial score (nSPS) is 16.3. The van der Waals surface area contributed by atoms with Crippen LogP contribution in [0.3, 0.4) is 0 Å². The molecule has 1 aliphatic rings. The van der Waals surface area contributed by atoms with Crippen LogP contribution in [0.15, 0.2) is 71.6 Å². The van der Waals surface area contributed by atoms with Gasteiger partial charge in [0.05, 0.1) is 12.0 Å². The number of nitrogens with zero attached hydrogens (tertiary/aromatic N) is 4. The van der Waals surface area contributed by atoms with Crippen LogP contribution in [0.2, 0.25) is 0 Å². The molecule has 1 amide bonds. The SMILES string of the molecule is O=C(N[C@H]1CCN(c2cccnn2)C1)c1ccc(-c2nccc3occc23)cc1. The van der Waals surface area contributed by atoms with E-state index in [0.717, 1.165) is 47.6 Å². The van der Waals surface area contributed by atoms with Crippen LogP contribution in [-0.2, 0) is 0 Å². The Bertz CT molecular complexity index is 1140. The summed E-state index contributed by atoms with van der Waals surface area (Å²) in [4.78, 5) is 19.3. The molecule has 0 bridgehead atoms. The number of carbonyl (C=O) groups is 1. The monoisotopic (exact) mass is 385 g/mol. The molecule has 4 aromatic rings. The number of hydrogen-bond donors (Lipinski definition) is 1. The van der Waals surface area contributed by atoms with Gasteiger partial charge in [-0.05, 0) is 42.8 Å². The molecule has 7 heteroatoms. The maximum atomic E-state index is 12.7. The van der Waals surface area contributed by atoms with Crippen LogP contribution >= 0.6 is 0 Å². The average molecular weight is 385 g/mol. The second-order valence-electron chi connectivity index (χ2n) is 7.06. The Kier molecular flexibility index (Phi) is 4.40. The number of aromatic nitrogens is 3. The number of fused-ring (bicyclic) bond motifs is 1. The van der Waals surface area contributed by atoms with Crippen LogP contribution in [0.5, 0.6) is 0 Å². The predicted molar refractivity (Wildman–Crippen MR) is 110 cm³/mol. The smallest absolute Gasteiger partial charge is 0.251 e. The van der Waals surface area contributed by atoms with E-state index < -0.39 is 0 Å². The number of nitrogens with one attached hydrogen (secondary N) is 1. The molecule has 4 heterocycles. The van der Waals surface area contributed by atoms with Crippen molar-refractivity contribution in [3.63, 3.8) is 0 Å². The molecule has 1 fully saturated rings. The molecule has 144 valence electrons. The number of hydrogen-bond acceptors (Lipinski definition) is 6. The molecule has 7 nitrogen and oxygen atoms in total. The van der Waals surface area contributed by atoms with Crippen LogP contribution < -0.4 is 10.2 Å². The van der Waals surface area contributed by atoms with Gasteiger partial charge in [-0.1, -0.05) is 12.1 Å². The molecule has 5 rings (SSSR count). The minimum atomic E-state index is -0.0722. The summed E-state index contributed by atoms with van der Waals surface area (Å²) >= 11 is 0. The fourth-order valence-electron chi connectivity index (χ4n) is 3.72. The maximum Gasteiger partial charge on any atom is 0.251 e. The second-order valence-corrected chi connectivity index (χ2v) is 7.06. The molecule has 29 heavy (non-hydrogen) atoms. The third kappa shape index (κ3) is 3.42. The summed E-state index contributed by atoms with van der Waals surface area (Å²) in [6.07, 6.45) is 5.92. The van der Waals surface area contributed by atoms with Crippen molar-refractivity contribution in [2.75, 3.05) is 18.0 Å². The van der Waals surface area contributed by atoms with Gasteiger partial charge < -0.3 is 14.6 Å². The lowest BCUT2D eigenvalue weighted by atomic mass is 10.1. The first-order valence-electron chi connectivity index (χ1n) is 9.54. The van der Waals surface area contributed by atoms with E-state index in [1.165, 1.54) is 0 Å². The van der Waals surface area contributed by atoms with Crippen molar-refractivity contribution in [3.8, 4) is 11.3 Å². The van der Waals surface area contributed by atoms with Crippen molar-refractivity contribution in [3.05, 3.63) is 72.8 Å². The summed E-state index contributed by atoms with van der Waals surface area (Å²) in [5, 5.41) is 12.1. The van der Waals surface area contributed by atoms with Crippen molar-refractivity contribution in [2.45, 2.75) is 12.5 Å². The summed E-state index contributed by atoms with van der Waals surface area (Å²) in [5.41, 5.74) is 3.22. The summed E-state index contributed by atoms with van der Waals surface area (Å²) in [7, 11) is 0. The minimum absolute atomic E-state index is 0.0722. The Morgan fingerprint density at radius 1 is 1.10 bits per heavy atom. The van der Waals surface area contributed by atoms with E-state index >= 15 is 0 Å². The molecule has 0 saturated carbocycles. The molecule has 0 radical (unpaired) electrons. The zero-order valence-electron chi connectivity index (χ0n) is 15.7. The van der Waals surface area contributed by atoms with Crippen LogP contribution in [-0.4, -0.2) is 40.2 Å². The number of furan rings is 1. The molecule has 0 aliphatic carbocycles. The Morgan fingerprint density at radius 2 is 2.00 bits per heavy atom. The Labute approximate surface area is 167 Å². The van der Waals surface area contributed by atoms with Crippen molar-refractivity contribution in [2.24, 2.45) is 0 Å². The molecule has 3 aromatic heterocycles. The van der Waals surface area contributed by atoms with E-state index in [-0.39, 0.29) is 11.9 Å². The Balaban J connectivity index is 1.27. The van der Waals surface area contributed by atoms with Gasteiger partial charge in [-0.15, -0.1) is 5.10 Å². The number of rotatable bonds is 4. The number of amides is 1. The van der Waals surface area contributed by atoms with Crippen LogP contribution in [0.4, 0.5) is 5.82 Å². The Hall–Kier alpha value is -3.74. The topological polar surface area (TPSA) is 84.2 Å². The first kappa shape index (κ1) is 17.4. The summed E-state index contributed by atoms with van der Waals surface area (Å²) in [6, 6.07) is 15.1. The lowest BCUT2D eigenvalue weighted by molar-refractivity contribution is 0.0940. The minimum Gasteiger partial charge on any atom is -0.464 e. The van der Waals surface area contributed by atoms with Crippen molar-refractivity contribution in [1.29, 1.82) is 0 Å². The Morgan fingerprint density at radius 3 is 2.83 bits per heavy atom. The second kappa shape index (κ2) is 7.35. The molecule has 1 N–H and O–H groups in total. The van der Waals surface area contributed by atoms with Gasteiger partial charge in [-0.2, -0.15) is 5.10 Å². The van der Waals surface area contributed by atoms with E-state index in [1.807, 2.05) is 48.5 Å². The third-order valence-corrected chi connectivity index (χ3v) is 5.21. The van der Waals surface area contributed by atoms with E-state index in [2.05, 4.69) is 25.4 Å². The van der Waals surface area contributed by atoms with Gasteiger partial charge >= 0.3 is 0 Å². The lowest BCUT2D eigenvalue weighted by Gasteiger charge is -2.17. The van der Waals surface area contributed by atoms with E-state index in [1.54, 1.807) is 18.7 Å². The average Bonchev–Trinajstić information content (AvgIpc) is 3.44. The van der Waals surface area contributed by atoms with Gasteiger partial charge in [0.15, 0.2) is 5.82 Å². The summed E-state index contributed by atoms with van der Waals surface area (Å²) in [6.45, 7) is 1.58. The predicted octanol–water partition coefficient (Wildman–Crippen LogP) is 3.29. The highest BCUT2D eigenvalue weighted by molar-refractivity contribution is 5.96. The van der Waals surface area contributed by atoms with E-state index in [0.29, 0.717) is 5.56 Å². The molecular formula is C22H19N5O2. The number of anilines is 1. The van der Waals surface area contributed by atoms with Gasteiger partial charge in [0.1, 0.15) is 5.58 Å². The molecule has 1 saturated heterocycles. The van der Waals surface area contributed by atoms with Crippen LogP contribution in [0.1, 0.15) is 16.8 Å². The van der Waals surface area contributed by atoms with Crippen molar-refractivity contribution >= 4 is 22.7 Å². The number of carbonyl (C=O) groups excluding carboxylic acids is 1. The number of benzene rings is 1. The van der Waals surface area contributed by atoms with Crippen molar-refractivity contribution in [1.82, 2.24) is 20.5 Å². The van der Waals surface area contributed by atoms with Crippen LogP contribution in [0, 0.1) is 0 Å². The first-order chi connectivity index (χ1) is 14.3. The fraction of sp³-hybridized carbons (Fsp3) is 0.182. The molecule has 0 unspecified atom stereocenters. The first-order valence-corrected chi connectivity index (χ1v) is 9.54. The highest BCUT2D eigenvalue weighted by atomic mass is 16.3. The lowest BCUT2D eigenvalue weighted by Crippen LogP contribution is -2.37. The molecular weight excluding hydrogens is 366 g/mol. The molecule has 1 aliphatic heterocycles. The summed E-state index contributed by atoms with van der Waals surface area (Å²) in [5.74, 6) is 0.770. The van der Waals surface area contributed by atoms with Gasteiger partial charge in [-0.25, -0.2) is 0 Å². The van der Waals surface area contributed by atoms with Gasteiger partial charge in [0, 0.05) is 48.0 Å². The molecule has 1 aromatic carbocycles. The molecule has 0 spiro atoms. The zero-order valence-corrected chi connectivity index (χ0v) is 15.7. The highest BCUT2D eigenvalue weighted by Gasteiger charge is 2.25. The van der Waals surface area contributed by atoms with Gasteiger partial charge in [-0.3, -0.25) is 9.78 Å². The van der Waals surface area contributed by atoms with Gasteiger partial charge in [0.25, 0.3) is 5.91 Å². The standard InChI is InChI=1S/C22H19N5O2/c28-22(25-17-8-12-27(14-17)20-2-1-10-24-26-20)16-5-3-15(4-6-16)21-18-9-13-29-19(18)7-11-23-21/h1-7,9-11,13,17H,8,12,14H2,(H,25,28)/t17-/m0/s1. The third-order valence-electron chi connectivity index (χ3n) is 5.21. The van der Waals surface area contributed by atoms with Gasteiger partial charge in [0.2, 0.25) is 0 Å². The largest absolute Gasteiger partial charge is 0.464 e. The van der Waals surface area contributed by atoms with E-state index in [4.69, 9.17) is 4.42 Å². The van der Waals surface area contributed by atoms with E-state index in [9.17, 15) is 4.79 Å². The fourth-order valence-corrected chi connectivity index (χ4v) is 3.72. The summed E-state index contributed by atoms with van der Waals surface area (Å²) < 4.78 is 5.44. The highest BCUT2D eigenvalue weighted by Crippen LogP contribution is 2.27. The number of pyridine rings is 1.